The lowest BCUT2D eigenvalue weighted by Crippen LogP contribution is -2.30. The van der Waals surface area contributed by atoms with Crippen molar-refractivity contribution in [1.82, 2.24) is 3.96 Å². The van der Waals surface area contributed by atoms with E-state index in [9.17, 15) is 0 Å². The van der Waals surface area contributed by atoms with E-state index < -0.39 is 0 Å². The Hall–Kier alpha value is -1.82. The molecular formula is C19H17ClN2OS2. The average molecular weight is 389 g/mol. The van der Waals surface area contributed by atoms with E-state index in [0.29, 0.717) is 5.02 Å². The predicted molar refractivity (Wildman–Crippen MR) is 108 cm³/mol. The van der Waals surface area contributed by atoms with Gasteiger partial charge in [-0.1, -0.05) is 41.4 Å². The van der Waals surface area contributed by atoms with E-state index >= 15 is 0 Å². The van der Waals surface area contributed by atoms with Crippen LogP contribution in [0.5, 0.6) is 5.75 Å². The van der Waals surface area contributed by atoms with Gasteiger partial charge in [-0.2, -0.15) is 0 Å². The molecule has 25 heavy (non-hydrogen) atoms. The Bertz CT molecular complexity index is 1040. The van der Waals surface area contributed by atoms with Crippen LogP contribution < -0.4 is 10.1 Å². The number of rotatable bonds is 2. The third kappa shape index (κ3) is 2.67. The van der Waals surface area contributed by atoms with Crippen LogP contribution in [-0.4, -0.2) is 11.1 Å². The van der Waals surface area contributed by atoms with Crippen molar-refractivity contribution in [2.24, 2.45) is 0 Å². The lowest BCUT2D eigenvalue weighted by Gasteiger charge is -2.33. The summed E-state index contributed by atoms with van der Waals surface area (Å²) in [6.07, 6.45) is 0. The van der Waals surface area contributed by atoms with Crippen LogP contribution in [0.25, 0.3) is 16.8 Å². The molecule has 1 N–H and O–H groups in total. The van der Waals surface area contributed by atoms with Gasteiger partial charge in [-0.15, -0.1) is 0 Å². The number of hydrogen-bond acceptors (Lipinski definition) is 4. The number of fused-ring (bicyclic) bond motifs is 3. The molecule has 128 valence electrons. The summed E-state index contributed by atoms with van der Waals surface area (Å²) in [5, 5.41) is 4.32. The Balaban J connectivity index is 2.01. The van der Waals surface area contributed by atoms with Crippen molar-refractivity contribution in [3.8, 4) is 22.6 Å². The maximum Gasteiger partial charge on any atom is 0.129 e. The second-order valence-electron chi connectivity index (χ2n) is 6.54. The number of aromatic nitrogens is 1. The van der Waals surface area contributed by atoms with Gasteiger partial charge in [0.1, 0.15) is 10.4 Å². The topological polar surface area (TPSA) is 26.2 Å². The number of methoxy groups -OCH3 is 1. The van der Waals surface area contributed by atoms with Crippen molar-refractivity contribution in [2.75, 3.05) is 12.4 Å². The van der Waals surface area contributed by atoms with Crippen LogP contribution in [0.1, 0.15) is 18.7 Å². The highest BCUT2D eigenvalue weighted by molar-refractivity contribution is 7.71. The highest BCUT2D eigenvalue weighted by Crippen LogP contribution is 2.48. The third-order valence-corrected chi connectivity index (χ3v) is 6.57. The number of benzene rings is 2. The number of hydrogen-bond donors (Lipinski definition) is 1. The van der Waals surface area contributed by atoms with Crippen molar-refractivity contribution in [3.63, 3.8) is 0 Å². The van der Waals surface area contributed by atoms with Crippen LogP contribution in [0.3, 0.4) is 0 Å². The molecule has 2 aromatic carbocycles. The van der Waals surface area contributed by atoms with E-state index in [2.05, 4.69) is 29.2 Å². The van der Waals surface area contributed by atoms with Crippen LogP contribution in [0, 0.1) is 4.64 Å². The molecule has 0 atom stereocenters. The highest BCUT2D eigenvalue weighted by atomic mass is 35.5. The fraction of sp³-hybridized carbons (Fsp3) is 0.211. The first-order valence-corrected chi connectivity index (χ1v) is 9.46. The first-order chi connectivity index (χ1) is 11.9. The lowest BCUT2D eigenvalue weighted by atomic mass is 9.90. The third-order valence-electron chi connectivity index (χ3n) is 4.36. The Morgan fingerprint density at radius 2 is 2.00 bits per heavy atom. The second-order valence-corrected chi connectivity index (χ2v) is 8.32. The average Bonchev–Trinajstić information content (AvgIpc) is 2.93. The monoisotopic (exact) mass is 388 g/mol. The van der Waals surface area contributed by atoms with E-state index in [0.717, 1.165) is 32.9 Å². The van der Waals surface area contributed by atoms with Gasteiger partial charge < -0.3 is 10.1 Å². The molecule has 0 unspecified atom stereocenters. The molecule has 0 saturated carbocycles. The predicted octanol–water partition coefficient (Wildman–Crippen LogP) is 6.26. The molecule has 0 aliphatic carbocycles. The maximum absolute atomic E-state index is 6.18. The summed E-state index contributed by atoms with van der Waals surface area (Å²) < 4.78 is 8.28. The van der Waals surface area contributed by atoms with Gasteiger partial charge in [0.05, 0.1) is 23.2 Å². The van der Waals surface area contributed by atoms with E-state index in [1.54, 1.807) is 18.6 Å². The molecule has 4 rings (SSSR count). The van der Waals surface area contributed by atoms with Gasteiger partial charge >= 0.3 is 0 Å². The molecule has 3 nitrogen and oxygen atoms in total. The number of anilines is 1. The fourth-order valence-electron chi connectivity index (χ4n) is 3.17. The van der Waals surface area contributed by atoms with E-state index in [1.165, 1.54) is 4.88 Å². The zero-order chi connectivity index (χ0) is 17.8. The summed E-state index contributed by atoms with van der Waals surface area (Å²) >= 11 is 13.7. The molecular weight excluding hydrogens is 372 g/mol. The van der Waals surface area contributed by atoms with Crippen LogP contribution in [-0.2, 0) is 5.54 Å². The lowest BCUT2D eigenvalue weighted by molar-refractivity contribution is 0.415. The maximum atomic E-state index is 6.18. The molecule has 0 radical (unpaired) electrons. The summed E-state index contributed by atoms with van der Waals surface area (Å²) in [6.45, 7) is 4.35. The van der Waals surface area contributed by atoms with Gasteiger partial charge in [0.2, 0.25) is 0 Å². The zero-order valence-corrected chi connectivity index (χ0v) is 16.5. The van der Waals surface area contributed by atoms with Gasteiger partial charge in [-0.05, 0) is 50.2 Å². The Labute approximate surface area is 161 Å². The van der Waals surface area contributed by atoms with Gasteiger partial charge in [-0.3, -0.25) is 3.96 Å². The summed E-state index contributed by atoms with van der Waals surface area (Å²) in [5.74, 6) is 0.820. The van der Waals surface area contributed by atoms with Crippen molar-refractivity contribution < 1.29 is 4.74 Å². The minimum Gasteiger partial charge on any atom is -0.497 e. The largest absolute Gasteiger partial charge is 0.497 e. The van der Waals surface area contributed by atoms with E-state index in [1.807, 2.05) is 36.4 Å². The van der Waals surface area contributed by atoms with E-state index in [-0.39, 0.29) is 5.54 Å². The first-order valence-electron chi connectivity index (χ1n) is 7.90. The summed E-state index contributed by atoms with van der Waals surface area (Å²) in [5.41, 5.74) is 4.02. The fourth-order valence-corrected chi connectivity index (χ4v) is 5.00. The van der Waals surface area contributed by atoms with Gasteiger partial charge in [-0.25, -0.2) is 0 Å². The minimum absolute atomic E-state index is 0.209. The van der Waals surface area contributed by atoms with Crippen molar-refractivity contribution in [2.45, 2.75) is 19.4 Å². The Morgan fingerprint density at radius 3 is 2.72 bits per heavy atom. The number of nitrogens with one attached hydrogen (secondary N) is 1. The number of nitrogens with zero attached hydrogens (tertiary/aromatic N) is 1. The van der Waals surface area contributed by atoms with Crippen LogP contribution in [0.15, 0.2) is 42.5 Å². The standard InChI is InChI=1S/C19H17ClN2OS2/c1-19(2)17-16(14-10-13(23-3)7-8-15(14)21-19)18(24)22(25-17)12-6-4-5-11(20)9-12/h4-10,21H,1-3H3. The quantitative estimate of drug-likeness (QED) is 0.525. The van der Waals surface area contributed by atoms with Gasteiger partial charge in [0, 0.05) is 21.8 Å². The summed E-state index contributed by atoms with van der Waals surface area (Å²) in [7, 11) is 1.68. The molecule has 0 fully saturated rings. The molecule has 1 aliphatic heterocycles. The molecule has 2 heterocycles. The normalized spacial score (nSPS) is 14.4. The molecule has 0 saturated heterocycles. The van der Waals surface area contributed by atoms with Crippen LogP contribution >= 0.6 is 35.4 Å². The molecule has 0 bridgehead atoms. The molecule has 6 heteroatoms. The molecule has 0 spiro atoms. The molecule has 1 aromatic heterocycles. The Morgan fingerprint density at radius 1 is 1.20 bits per heavy atom. The van der Waals surface area contributed by atoms with E-state index in [4.69, 9.17) is 28.6 Å². The van der Waals surface area contributed by atoms with Crippen LogP contribution in [0.2, 0.25) is 5.02 Å². The van der Waals surface area contributed by atoms with Crippen molar-refractivity contribution in [1.29, 1.82) is 0 Å². The zero-order valence-electron chi connectivity index (χ0n) is 14.1. The number of halogens is 1. The Kier molecular flexibility index (Phi) is 3.90. The molecule has 1 aliphatic rings. The highest BCUT2D eigenvalue weighted by Gasteiger charge is 2.34. The SMILES string of the molecule is COc1ccc2c(c1)-c1c(sn(-c3cccc(Cl)c3)c1=S)C(C)(C)N2. The molecule has 3 aromatic rings. The summed E-state index contributed by atoms with van der Waals surface area (Å²) in [6, 6.07) is 13.8. The van der Waals surface area contributed by atoms with Gasteiger partial charge in [0.15, 0.2) is 0 Å². The number of ether oxygens (including phenoxy) is 1. The minimum atomic E-state index is -0.209. The smallest absolute Gasteiger partial charge is 0.129 e. The second kappa shape index (κ2) is 5.87. The first kappa shape index (κ1) is 16.6. The molecule has 0 amide bonds. The van der Waals surface area contributed by atoms with Crippen molar-refractivity contribution in [3.05, 3.63) is 57.0 Å². The van der Waals surface area contributed by atoms with Crippen LogP contribution in [0.4, 0.5) is 5.69 Å². The van der Waals surface area contributed by atoms with Crippen molar-refractivity contribution >= 4 is 41.0 Å². The van der Waals surface area contributed by atoms with Gasteiger partial charge in [0.25, 0.3) is 0 Å². The summed E-state index contributed by atoms with van der Waals surface area (Å²) in [4.78, 5) is 1.21.